The highest BCUT2D eigenvalue weighted by Gasteiger charge is 2.15. The minimum Gasteiger partial charge on any atom is -0.494 e. The van der Waals surface area contributed by atoms with Gasteiger partial charge in [0.05, 0.1) is 17.6 Å². The van der Waals surface area contributed by atoms with Crippen molar-refractivity contribution >= 4 is 27.3 Å². The Morgan fingerprint density at radius 3 is 2.21 bits per heavy atom. The van der Waals surface area contributed by atoms with Crippen LogP contribution < -0.4 is 19.5 Å². The maximum atomic E-state index is 12.7. The number of carbonyl (C=O) groups is 1. The van der Waals surface area contributed by atoms with Crippen molar-refractivity contribution in [2.24, 2.45) is 0 Å². The van der Waals surface area contributed by atoms with Gasteiger partial charge in [-0.15, -0.1) is 0 Å². The van der Waals surface area contributed by atoms with Gasteiger partial charge in [-0.3, -0.25) is 9.52 Å². The molecule has 7 nitrogen and oxygen atoms in total. The quantitative estimate of drug-likeness (QED) is 0.420. The molecule has 1 atom stereocenters. The van der Waals surface area contributed by atoms with Gasteiger partial charge in [-0.1, -0.05) is 13.0 Å². The molecule has 0 spiro atoms. The molecule has 0 radical (unpaired) electrons. The van der Waals surface area contributed by atoms with Crippen LogP contribution in [0.2, 0.25) is 0 Å². The summed E-state index contributed by atoms with van der Waals surface area (Å²) in [6, 6.07) is 19.6. The summed E-state index contributed by atoms with van der Waals surface area (Å²) < 4.78 is 39.0. The van der Waals surface area contributed by atoms with Crippen LogP contribution in [0.1, 0.15) is 37.6 Å². The third-order valence-corrected chi connectivity index (χ3v) is 6.25. The average Bonchev–Trinajstić information content (AvgIpc) is 2.81. The van der Waals surface area contributed by atoms with Crippen LogP contribution in [0.4, 0.5) is 11.4 Å². The molecule has 0 heterocycles. The number of carbonyl (C=O) groups excluding carboxylic acids is 1. The van der Waals surface area contributed by atoms with Gasteiger partial charge in [-0.2, -0.15) is 0 Å². The molecule has 3 aromatic carbocycles. The van der Waals surface area contributed by atoms with E-state index in [2.05, 4.69) is 10.0 Å². The van der Waals surface area contributed by atoms with Crippen LogP contribution in [-0.2, 0) is 10.0 Å². The van der Waals surface area contributed by atoms with Gasteiger partial charge in [0.2, 0.25) is 0 Å². The molecule has 0 aliphatic rings. The molecule has 3 rings (SSSR count). The number of amides is 1. The molecule has 33 heavy (non-hydrogen) atoms. The van der Waals surface area contributed by atoms with Crippen LogP contribution in [0.25, 0.3) is 0 Å². The van der Waals surface area contributed by atoms with Crippen molar-refractivity contribution in [3.8, 4) is 11.5 Å². The monoisotopic (exact) mass is 468 g/mol. The van der Waals surface area contributed by atoms with Crippen molar-refractivity contribution in [2.75, 3.05) is 16.6 Å². The van der Waals surface area contributed by atoms with Gasteiger partial charge >= 0.3 is 0 Å². The second kappa shape index (κ2) is 10.9. The van der Waals surface area contributed by atoms with E-state index in [1.165, 1.54) is 12.1 Å². The van der Waals surface area contributed by atoms with Gasteiger partial charge in [0.15, 0.2) is 0 Å². The Bertz CT molecular complexity index is 1180. The Morgan fingerprint density at radius 2 is 1.58 bits per heavy atom. The lowest BCUT2D eigenvalue weighted by Gasteiger charge is -2.13. The van der Waals surface area contributed by atoms with Gasteiger partial charge in [0.1, 0.15) is 11.5 Å². The summed E-state index contributed by atoms with van der Waals surface area (Å²) in [7, 11) is -3.78. The maximum Gasteiger partial charge on any atom is 0.261 e. The molecule has 174 valence electrons. The Morgan fingerprint density at radius 1 is 0.909 bits per heavy atom. The van der Waals surface area contributed by atoms with E-state index in [0.717, 1.165) is 6.42 Å². The lowest BCUT2D eigenvalue weighted by molar-refractivity contribution is 0.102. The first-order valence-corrected chi connectivity index (χ1v) is 12.2. The van der Waals surface area contributed by atoms with E-state index >= 15 is 0 Å². The molecule has 0 aromatic heterocycles. The summed E-state index contributed by atoms with van der Waals surface area (Å²) in [5, 5.41) is 2.78. The fraction of sp³-hybridized carbons (Fsp3) is 0.240. The number of nitrogens with one attached hydrogen (secondary N) is 2. The van der Waals surface area contributed by atoms with E-state index in [9.17, 15) is 13.2 Å². The van der Waals surface area contributed by atoms with Crippen molar-refractivity contribution in [2.45, 2.75) is 38.2 Å². The summed E-state index contributed by atoms with van der Waals surface area (Å²) in [4.78, 5) is 12.7. The SMILES string of the molecule is CCOc1ccc(NS(=O)(=O)c2ccc(NC(=O)c3cccc(OC(C)CC)c3)cc2)cc1. The Kier molecular flexibility index (Phi) is 7.95. The lowest BCUT2D eigenvalue weighted by atomic mass is 10.2. The molecule has 0 aliphatic carbocycles. The molecule has 1 amide bonds. The Labute approximate surface area is 194 Å². The van der Waals surface area contributed by atoms with E-state index in [-0.39, 0.29) is 16.9 Å². The summed E-state index contributed by atoms with van der Waals surface area (Å²) in [6.07, 6.45) is 0.910. The van der Waals surface area contributed by atoms with Crippen LogP contribution >= 0.6 is 0 Å². The Balaban J connectivity index is 1.66. The summed E-state index contributed by atoms with van der Waals surface area (Å²) in [5.74, 6) is 0.976. The van der Waals surface area contributed by atoms with Gasteiger partial charge in [0.25, 0.3) is 15.9 Å². The zero-order valence-electron chi connectivity index (χ0n) is 18.9. The lowest BCUT2D eigenvalue weighted by Crippen LogP contribution is -2.15. The largest absolute Gasteiger partial charge is 0.494 e. The van der Waals surface area contributed by atoms with Crippen LogP contribution in [0.15, 0.2) is 77.7 Å². The second-order valence-electron chi connectivity index (χ2n) is 7.41. The standard InChI is InChI=1S/C25H28N2O5S/c1-4-18(3)32-23-8-6-7-19(17-23)25(28)26-20-11-15-24(16-12-20)33(29,30)27-21-9-13-22(14-10-21)31-5-2/h6-18,27H,4-5H2,1-3H3,(H,26,28). The predicted octanol–water partition coefficient (Wildman–Crippen LogP) is 5.32. The zero-order chi connectivity index (χ0) is 23.8. The number of hydrogen-bond donors (Lipinski definition) is 2. The highest BCUT2D eigenvalue weighted by molar-refractivity contribution is 7.92. The van der Waals surface area contributed by atoms with Crippen LogP contribution in [0.3, 0.4) is 0 Å². The van der Waals surface area contributed by atoms with Gasteiger partial charge in [-0.25, -0.2) is 8.42 Å². The first kappa shape index (κ1) is 24.1. The molecule has 0 fully saturated rings. The first-order chi connectivity index (χ1) is 15.8. The molecular weight excluding hydrogens is 440 g/mol. The molecule has 3 aromatic rings. The topological polar surface area (TPSA) is 93.7 Å². The maximum absolute atomic E-state index is 12.7. The zero-order valence-corrected chi connectivity index (χ0v) is 19.7. The van der Waals surface area contributed by atoms with Gasteiger partial charge < -0.3 is 14.8 Å². The van der Waals surface area contributed by atoms with Crippen LogP contribution in [-0.4, -0.2) is 27.0 Å². The summed E-state index contributed by atoms with van der Waals surface area (Å²) >= 11 is 0. The van der Waals surface area contributed by atoms with E-state index < -0.39 is 10.0 Å². The third kappa shape index (κ3) is 6.73. The first-order valence-electron chi connectivity index (χ1n) is 10.7. The van der Waals surface area contributed by atoms with Gasteiger partial charge in [-0.05, 0) is 87.0 Å². The molecule has 0 saturated carbocycles. The van der Waals surface area contributed by atoms with Crippen molar-refractivity contribution in [1.29, 1.82) is 0 Å². The molecule has 0 saturated heterocycles. The van der Waals surface area contributed by atoms with Gasteiger partial charge in [0, 0.05) is 16.9 Å². The average molecular weight is 469 g/mol. The number of benzene rings is 3. The van der Waals surface area contributed by atoms with Crippen LogP contribution in [0, 0.1) is 0 Å². The van der Waals surface area contributed by atoms with Crippen molar-refractivity contribution in [3.05, 3.63) is 78.4 Å². The highest BCUT2D eigenvalue weighted by Crippen LogP contribution is 2.22. The minimum atomic E-state index is -3.78. The fourth-order valence-electron chi connectivity index (χ4n) is 2.95. The molecular formula is C25H28N2O5S. The minimum absolute atomic E-state index is 0.0500. The second-order valence-corrected chi connectivity index (χ2v) is 9.09. The van der Waals surface area contributed by atoms with Crippen molar-refractivity contribution in [3.63, 3.8) is 0 Å². The molecule has 2 N–H and O–H groups in total. The highest BCUT2D eigenvalue weighted by atomic mass is 32.2. The van der Waals surface area contributed by atoms with Crippen LogP contribution in [0.5, 0.6) is 11.5 Å². The molecule has 8 heteroatoms. The number of anilines is 2. The van der Waals surface area contributed by atoms with E-state index in [4.69, 9.17) is 9.47 Å². The fourth-order valence-corrected chi connectivity index (χ4v) is 4.01. The normalized spacial score (nSPS) is 12.0. The smallest absolute Gasteiger partial charge is 0.261 e. The number of rotatable bonds is 10. The molecule has 0 bridgehead atoms. The van der Waals surface area contributed by atoms with Crippen molar-refractivity contribution in [1.82, 2.24) is 0 Å². The number of ether oxygens (including phenoxy) is 2. The third-order valence-electron chi connectivity index (χ3n) is 4.85. The molecule has 1 unspecified atom stereocenters. The van der Waals surface area contributed by atoms with E-state index in [1.807, 2.05) is 20.8 Å². The summed E-state index contributed by atoms with van der Waals surface area (Å²) in [5.41, 5.74) is 1.35. The summed E-state index contributed by atoms with van der Waals surface area (Å²) in [6.45, 7) is 6.40. The van der Waals surface area contributed by atoms with E-state index in [1.54, 1.807) is 60.7 Å². The van der Waals surface area contributed by atoms with E-state index in [0.29, 0.717) is 35.0 Å². The van der Waals surface area contributed by atoms with Crippen molar-refractivity contribution < 1.29 is 22.7 Å². The number of hydrogen-bond acceptors (Lipinski definition) is 5. The Hall–Kier alpha value is -3.52. The predicted molar refractivity (Wildman–Crippen MR) is 130 cm³/mol. The molecule has 0 aliphatic heterocycles. The number of sulfonamides is 1.